The fourth-order valence-electron chi connectivity index (χ4n) is 12.0. The lowest BCUT2D eigenvalue weighted by Crippen LogP contribution is -2.41. The van der Waals surface area contributed by atoms with Gasteiger partial charge in [-0.1, -0.05) is 125 Å². The van der Waals surface area contributed by atoms with E-state index in [9.17, 15) is 8.78 Å². The first-order valence-corrected chi connectivity index (χ1v) is 32.5. The summed E-state index contributed by atoms with van der Waals surface area (Å²) in [4.78, 5) is 4.91. The molecule has 10 heteroatoms. The number of benzene rings is 8. The second-order valence-corrected chi connectivity index (χ2v) is 24.7. The van der Waals surface area contributed by atoms with Crippen molar-refractivity contribution in [1.82, 2.24) is 0 Å². The van der Waals surface area contributed by atoms with Gasteiger partial charge in [0.15, 0.2) is 0 Å². The van der Waals surface area contributed by atoms with E-state index in [1.165, 1.54) is 158 Å². The van der Waals surface area contributed by atoms with Gasteiger partial charge in [0.1, 0.15) is 0 Å². The SMILES string of the molecule is Brc1ccccc1.CC1(C)OB(c2ccccc2)OC1(C)C.CCl.CCl.CF.CF.Cc1c(C)c(C)c2c(c1C)Cc1c(C)c(C)c(C)c(C)c1N2C.Cc1c(C)c(C)c2c(c1C)Cc1c(C)c(C)c(C)c(C)c1N2C.c1ccc(-c2ccccc2)cc1. The van der Waals surface area contributed by atoms with Crippen molar-refractivity contribution in [3.05, 3.63) is 237 Å². The van der Waals surface area contributed by atoms with Crippen molar-refractivity contribution < 1.29 is 18.1 Å². The number of rotatable bonds is 2. The molecule has 0 radical (unpaired) electrons. The lowest BCUT2D eigenvalue weighted by molar-refractivity contribution is 0.00578. The minimum Gasteiger partial charge on any atom is -0.399 e. The molecule has 0 atom stereocenters. The molecule has 0 unspecified atom stereocenters. The van der Waals surface area contributed by atoms with Gasteiger partial charge in [-0.15, -0.1) is 23.2 Å². The molecular formula is C78H102BBrCl2F2N2O2. The summed E-state index contributed by atoms with van der Waals surface area (Å²) in [6.45, 7) is 44.7. The summed E-state index contributed by atoms with van der Waals surface area (Å²) in [5.41, 5.74) is 38.1. The van der Waals surface area contributed by atoms with Crippen LogP contribution in [0.2, 0.25) is 0 Å². The third-order valence-corrected chi connectivity index (χ3v) is 19.6. The molecule has 8 aromatic carbocycles. The standard InChI is InChI=1S/2C22H29N.C12H17BO2.C12H10.C6H5Br.2CH3Cl.2CH3F/c2*1-11-13(3)17(7)21-19(15(11)5)10-20-16(6)12(2)14(4)18(8)22(20)23(21)9;1-11(2)12(3,4)15-13(14-11)10-8-6-5-7-9-10;1-3-7-11(8-4-1)12-9-5-2-6-10-12;7-6-4-2-1-3-5-6;4*1-2/h2*10H2,1-9H3;5-9H,1-4H3;1-10H;1-5H;4*1H3. The van der Waals surface area contributed by atoms with E-state index in [0.717, 1.165) is 22.8 Å². The summed E-state index contributed by atoms with van der Waals surface area (Å²) < 4.78 is 32.0. The van der Waals surface area contributed by atoms with Gasteiger partial charge in [-0.05, 0) is 278 Å². The second kappa shape index (κ2) is 34.5. The minimum atomic E-state index is -0.256. The maximum Gasteiger partial charge on any atom is 0.494 e. The molecule has 3 heterocycles. The molecule has 4 nitrogen and oxygen atoms in total. The molecule has 0 aromatic heterocycles. The van der Waals surface area contributed by atoms with Crippen LogP contribution >= 0.6 is 39.1 Å². The van der Waals surface area contributed by atoms with E-state index >= 15 is 0 Å². The van der Waals surface area contributed by atoms with Crippen LogP contribution in [0.5, 0.6) is 0 Å². The summed E-state index contributed by atoms with van der Waals surface area (Å²) >= 11 is 12.6. The summed E-state index contributed by atoms with van der Waals surface area (Å²) in [6, 6.07) is 40.8. The first-order chi connectivity index (χ1) is 41.6. The quantitative estimate of drug-likeness (QED) is 0.127. The van der Waals surface area contributed by atoms with Crippen LogP contribution < -0.4 is 15.3 Å². The van der Waals surface area contributed by atoms with Crippen LogP contribution in [-0.2, 0) is 22.2 Å². The van der Waals surface area contributed by atoms with E-state index in [4.69, 9.17) is 9.31 Å². The second-order valence-electron chi connectivity index (χ2n) is 23.8. The van der Waals surface area contributed by atoms with Crippen LogP contribution in [0.25, 0.3) is 11.1 Å². The average molecular weight is 1300 g/mol. The number of anilines is 4. The van der Waals surface area contributed by atoms with E-state index in [1.807, 2.05) is 72.8 Å². The highest BCUT2D eigenvalue weighted by Gasteiger charge is 2.51. The molecule has 3 aliphatic heterocycles. The maximum atomic E-state index is 9.50. The number of alkyl halides is 4. The fourth-order valence-corrected chi connectivity index (χ4v) is 12.3. The van der Waals surface area contributed by atoms with E-state index < -0.39 is 0 Å². The summed E-state index contributed by atoms with van der Waals surface area (Å²) in [7, 11) is 5.26. The fraction of sp³-hybridized carbons (Fsp3) is 0.385. The molecule has 474 valence electrons. The molecule has 0 bridgehead atoms. The molecule has 0 saturated carbocycles. The van der Waals surface area contributed by atoms with Crippen LogP contribution in [0.15, 0.2) is 126 Å². The molecule has 0 aliphatic carbocycles. The highest BCUT2D eigenvalue weighted by Crippen LogP contribution is 2.49. The Kier molecular flexibility index (Phi) is 30.0. The van der Waals surface area contributed by atoms with Crippen LogP contribution in [0.1, 0.15) is 139 Å². The van der Waals surface area contributed by atoms with Crippen LogP contribution in [0.4, 0.5) is 31.5 Å². The highest BCUT2D eigenvalue weighted by atomic mass is 79.9. The van der Waals surface area contributed by atoms with Gasteiger partial charge in [-0.25, -0.2) is 0 Å². The van der Waals surface area contributed by atoms with Crippen molar-refractivity contribution >= 4 is 74.5 Å². The Morgan fingerprint density at radius 3 is 0.761 bits per heavy atom. The summed E-state index contributed by atoms with van der Waals surface area (Å²) in [5, 5.41) is 0. The number of fused-ring (bicyclic) bond motifs is 4. The van der Waals surface area contributed by atoms with Crippen molar-refractivity contribution in [1.29, 1.82) is 0 Å². The van der Waals surface area contributed by atoms with Crippen molar-refractivity contribution in [2.24, 2.45) is 0 Å². The van der Waals surface area contributed by atoms with Crippen LogP contribution in [0, 0.1) is 111 Å². The highest BCUT2D eigenvalue weighted by molar-refractivity contribution is 9.10. The van der Waals surface area contributed by atoms with Gasteiger partial charge in [0.2, 0.25) is 0 Å². The average Bonchev–Trinajstić information content (AvgIpc) is 0.984. The first kappa shape index (κ1) is 76.5. The third-order valence-electron chi connectivity index (χ3n) is 19.1. The van der Waals surface area contributed by atoms with Gasteiger partial charge in [0.05, 0.1) is 25.6 Å². The monoisotopic (exact) mass is 1300 g/mol. The lowest BCUT2D eigenvalue weighted by Gasteiger charge is -2.37. The maximum absolute atomic E-state index is 9.50. The van der Waals surface area contributed by atoms with Crippen molar-refractivity contribution in [3.8, 4) is 11.1 Å². The molecule has 0 amide bonds. The normalized spacial score (nSPS) is 13.1. The molecule has 1 saturated heterocycles. The van der Waals surface area contributed by atoms with Gasteiger partial charge in [0.25, 0.3) is 0 Å². The Morgan fingerprint density at radius 2 is 0.545 bits per heavy atom. The Hall–Kier alpha value is -5.74. The van der Waals surface area contributed by atoms with Gasteiger partial charge >= 0.3 is 7.12 Å². The Balaban J connectivity index is 0.000000291. The van der Waals surface area contributed by atoms with E-state index in [0.29, 0.717) is 14.4 Å². The molecule has 88 heavy (non-hydrogen) atoms. The van der Waals surface area contributed by atoms with Crippen LogP contribution in [-0.4, -0.2) is 59.5 Å². The van der Waals surface area contributed by atoms with Crippen molar-refractivity contribution in [2.75, 3.05) is 51.0 Å². The van der Waals surface area contributed by atoms with Crippen molar-refractivity contribution in [2.45, 2.75) is 163 Å². The molecule has 3 aliphatic rings. The van der Waals surface area contributed by atoms with Gasteiger partial charge in [-0.2, -0.15) is 0 Å². The van der Waals surface area contributed by atoms with E-state index in [2.05, 4.69) is 250 Å². The number of hydrogen-bond acceptors (Lipinski definition) is 4. The molecule has 1 fully saturated rings. The largest absolute Gasteiger partial charge is 0.494 e. The summed E-state index contributed by atoms with van der Waals surface area (Å²) in [5.74, 6) is 0. The number of halogens is 5. The Morgan fingerprint density at radius 1 is 0.341 bits per heavy atom. The van der Waals surface area contributed by atoms with Crippen molar-refractivity contribution in [3.63, 3.8) is 0 Å². The molecular weight excluding hydrogens is 1200 g/mol. The smallest absolute Gasteiger partial charge is 0.399 e. The molecule has 0 spiro atoms. The Bertz CT molecular complexity index is 3220. The van der Waals surface area contributed by atoms with E-state index in [1.54, 1.807) is 0 Å². The topological polar surface area (TPSA) is 24.9 Å². The van der Waals surface area contributed by atoms with Crippen LogP contribution in [0.3, 0.4) is 0 Å². The number of hydrogen-bond donors (Lipinski definition) is 0. The molecule has 11 rings (SSSR count). The van der Waals surface area contributed by atoms with Gasteiger partial charge in [-0.3, -0.25) is 8.78 Å². The van der Waals surface area contributed by atoms with Gasteiger partial charge < -0.3 is 19.1 Å². The molecule has 0 N–H and O–H groups in total. The lowest BCUT2D eigenvalue weighted by atomic mass is 9.79. The predicted molar refractivity (Wildman–Crippen MR) is 389 cm³/mol. The molecule has 8 aromatic rings. The first-order valence-electron chi connectivity index (χ1n) is 30.2. The number of nitrogens with zero attached hydrogens (tertiary/aromatic N) is 2. The zero-order chi connectivity index (χ0) is 66.9. The Labute approximate surface area is 550 Å². The van der Waals surface area contributed by atoms with Gasteiger partial charge in [0, 0.05) is 66.9 Å². The zero-order valence-electron chi connectivity index (χ0n) is 58.1. The summed E-state index contributed by atoms with van der Waals surface area (Å²) in [6.07, 6.45) is 5.08. The third kappa shape index (κ3) is 16.8. The van der Waals surface area contributed by atoms with E-state index in [-0.39, 0.29) is 18.3 Å². The predicted octanol–water partition coefficient (Wildman–Crippen LogP) is 22.3. The minimum absolute atomic E-state index is 0.240. The zero-order valence-corrected chi connectivity index (χ0v) is 61.2.